The maximum absolute atomic E-state index is 10.8. The van der Waals surface area contributed by atoms with E-state index >= 15 is 0 Å². The lowest BCUT2D eigenvalue weighted by Gasteiger charge is -2.05. The molecule has 3 N–H and O–H groups in total. The molecule has 1 aromatic carbocycles. The average Bonchev–Trinajstić information content (AvgIpc) is 2.06. The van der Waals surface area contributed by atoms with Gasteiger partial charge in [0.15, 0.2) is 0 Å². The van der Waals surface area contributed by atoms with Gasteiger partial charge in [-0.25, -0.2) is 0 Å². The zero-order chi connectivity index (χ0) is 10.6. The van der Waals surface area contributed by atoms with E-state index in [1.807, 2.05) is 24.3 Å². The molecule has 1 aromatic rings. The molecule has 1 rings (SSSR count). The summed E-state index contributed by atoms with van der Waals surface area (Å²) in [6, 6.07) is 7.53. The molecule has 0 bridgehead atoms. The molecular formula is C11H14N2O. The second-order valence-corrected chi connectivity index (χ2v) is 3.23. The van der Waals surface area contributed by atoms with E-state index in [4.69, 9.17) is 5.73 Å². The minimum atomic E-state index is 0.161. The number of nitrogens with two attached hydrogens (primary N) is 1. The van der Waals surface area contributed by atoms with E-state index in [0.29, 0.717) is 12.2 Å². The Kier molecular flexibility index (Phi) is 3.29. The second kappa shape index (κ2) is 4.46. The van der Waals surface area contributed by atoms with Gasteiger partial charge in [0.1, 0.15) is 5.78 Å². The normalized spacial score (nSPS) is 9.50. The first-order valence-electron chi connectivity index (χ1n) is 4.37. The summed E-state index contributed by atoms with van der Waals surface area (Å²) in [5.74, 6) is 0.568. The molecule has 0 spiro atoms. The maximum atomic E-state index is 10.8. The first kappa shape index (κ1) is 10.3. The van der Waals surface area contributed by atoms with Gasteiger partial charge in [0.05, 0.1) is 5.82 Å². The van der Waals surface area contributed by atoms with Crippen molar-refractivity contribution in [3.8, 4) is 0 Å². The molecule has 14 heavy (non-hydrogen) atoms. The van der Waals surface area contributed by atoms with E-state index < -0.39 is 0 Å². The SMILES string of the molecule is C=C(N)Nc1ccc(CC(C)=O)cc1. The van der Waals surface area contributed by atoms with Crippen molar-refractivity contribution in [2.24, 2.45) is 5.73 Å². The van der Waals surface area contributed by atoms with Gasteiger partial charge in [-0.3, -0.25) is 4.79 Å². The smallest absolute Gasteiger partial charge is 0.134 e. The van der Waals surface area contributed by atoms with Crippen LogP contribution in [0.4, 0.5) is 5.69 Å². The van der Waals surface area contributed by atoms with Crippen molar-refractivity contribution in [3.05, 3.63) is 42.2 Å². The summed E-state index contributed by atoms with van der Waals surface area (Å²) in [6.45, 7) is 5.11. The van der Waals surface area contributed by atoms with Crippen LogP contribution in [0.15, 0.2) is 36.7 Å². The molecule has 0 aromatic heterocycles. The van der Waals surface area contributed by atoms with E-state index in [9.17, 15) is 4.79 Å². The zero-order valence-corrected chi connectivity index (χ0v) is 8.21. The van der Waals surface area contributed by atoms with Crippen LogP contribution in [0.2, 0.25) is 0 Å². The molecule has 0 atom stereocenters. The summed E-state index contributed by atoms with van der Waals surface area (Å²) < 4.78 is 0. The Balaban J connectivity index is 2.68. The van der Waals surface area contributed by atoms with Crippen LogP contribution < -0.4 is 11.1 Å². The average molecular weight is 190 g/mol. The number of ketones is 1. The molecule has 0 aliphatic carbocycles. The van der Waals surface area contributed by atoms with Crippen molar-refractivity contribution in [2.45, 2.75) is 13.3 Å². The van der Waals surface area contributed by atoms with Gasteiger partial charge in [-0.15, -0.1) is 0 Å². The fraction of sp³-hybridized carbons (Fsp3) is 0.182. The molecular weight excluding hydrogens is 176 g/mol. The summed E-state index contributed by atoms with van der Waals surface area (Å²) in [5.41, 5.74) is 7.27. The Labute approximate surface area is 83.6 Å². The fourth-order valence-corrected chi connectivity index (χ4v) is 1.18. The third kappa shape index (κ3) is 3.31. The molecule has 0 heterocycles. The molecule has 0 saturated carbocycles. The van der Waals surface area contributed by atoms with E-state index in [-0.39, 0.29) is 5.78 Å². The highest BCUT2D eigenvalue weighted by Gasteiger charge is 1.97. The lowest BCUT2D eigenvalue weighted by Crippen LogP contribution is -2.06. The molecule has 3 nitrogen and oxygen atoms in total. The van der Waals surface area contributed by atoms with Gasteiger partial charge in [0.2, 0.25) is 0 Å². The van der Waals surface area contributed by atoms with Crippen LogP contribution in [0.1, 0.15) is 12.5 Å². The minimum Gasteiger partial charge on any atom is -0.386 e. The van der Waals surface area contributed by atoms with Gasteiger partial charge in [-0.05, 0) is 24.6 Å². The predicted molar refractivity (Wildman–Crippen MR) is 57.8 cm³/mol. The lowest BCUT2D eigenvalue weighted by molar-refractivity contribution is -0.116. The summed E-state index contributed by atoms with van der Waals surface area (Å²) in [5, 5.41) is 2.88. The van der Waals surface area contributed by atoms with Gasteiger partial charge >= 0.3 is 0 Å². The van der Waals surface area contributed by atoms with Crippen LogP contribution in [-0.2, 0) is 11.2 Å². The number of Topliss-reactive ketones (excluding diaryl/α,β-unsaturated/α-hetero) is 1. The van der Waals surface area contributed by atoms with Crippen LogP contribution >= 0.6 is 0 Å². The molecule has 0 fully saturated rings. The summed E-state index contributed by atoms with van der Waals surface area (Å²) in [7, 11) is 0. The molecule has 0 unspecified atom stereocenters. The Hall–Kier alpha value is -1.77. The minimum absolute atomic E-state index is 0.161. The van der Waals surface area contributed by atoms with Crippen molar-refractivity contribution >= 4 is 11.5 Å². The van der Waals surface area contributed by atoms with Crippen LogP contribution in [0.25, 0.3) is 0 Å². The Bertz CT molecular complexity index is 306. The molecule has 0 radical (unpaired) electrons. The van der Waals surface area contributed by atoms with Crippen molar-refractivity contribution in [2.75, 3.05) is 5.32 Å². The van der Waals surface area contributed by atoms with Crippen LogP contribution in [0.5, 0.6) is 0 Å². The van der Waals surface area contributed by atoms with Gasteiger partial charge in [-0.2, -0.15) is 0 Å². The van der Waals surface area contributed by atoms with Crippen molar-refractivity contribution in [3.63, 3.8) is 0 Å². The highest BCUT2D eigenvalue weighted by Crippen LogP contribution is 2.10. The van der Waals surface area contributed by atoms with Crippen molar-refractivity contribution in [1.82, 2.24) is 0 Å². The third-order valence-electron chi connectivity index (χ3n) is 1.71. The predicted octanol–water partition coefficient (Wildman–Crippen LogP) is 1.66. The van der Waals surface area contributed by atoms with Crippen LogP contribution in [-0.4, -0.2) is 5.78 Å². The molecule has 0 aliphatic rings. The van der Waals surface area contributed by atoms with Crippen molar-refractivity contribution < 1.29 is 4.79 Å². The summed E-state index contributed by atoms with van der Waals surface area (Å²) >= 11 is 0. The number of carbonyl (C=O) groups is 1. The molecule has 0 aliphatic heterocycles. The summed E-state index contributed by atoms with van der Waals surface area (Å²) in [4.78, 5) is 10.8. The first-order valence-corrected chi connectivity index (χ1v) is 4.37. The standard InChI is InChI=1S/C11H14N2O/c1-8(14)7-10-3-5-11(6-4-10)13-9(2)12/h3-6,13H,2,7,12H2,1H3. The molecule has 74 valence electrons. The fourth-order valence-electron chi connectivity index (χ4n) is 1.18. The first-order chi connectivity index (χ1) is 6.58. The van der Waals surface area contributed by atoms with E-state index in [1.54, 1.807) is 6.92 Å². The number of hydrogen-bond acceptors (Lipinski definition) is 3. The third-order valence-corrected chi connectivity index (χ3v) is 1.71. The van der Waals surface area contributed by atoms with Gasteiger partial charge in [0.25, 0.3) is 0 Å². The van der Waals surface area contributed by atoms with Crippen LogP contribution in [0.3, 0.4) is 0 Å². The van der Waals surface area contributed by atoms with Crippen molar-refractivity contribution in [1.29, 1.82) is 0 Å². The lowest BCUT2D eigenvalue weighted by atomic mass is 10.1. The zero-order valence-electron chi connectivity index (χ0n) is 8.21. The number of anilines is 1. The number of hydrogen-bond donors (Lipinski definition) is 2. The highest BCUT2D eigenvalue weighted by atomic mass is 16.1. The topological polar surface area (TPSA) is 55.1 Å². The molecule has 3 heteroatoms. The van der Waals surface area contributed by atoms with E-state index in [1.165, 1.54) is 0 Å². The Morgan fingerprint density at radius 1 is 1.43 bits per heavy atom. The number of nitrogens with one attached hydrogen (secondary N) is 1. The van der Waals surface area contributed by atoms with E-state index in [0.717, 1.165) is 11.3 Å². The van der Waals surface area contributed by atoms with Gasteiger partial charge in [-0.1, -0.05) is 18.7 Å². The van der Waals surface area contributed by atoms with Gasteiger partial charge in [0, 0.05) is 12.1 Å². The largest absolute Gasteiger partial charge is 0.386 e. The number of benzene rings is 1. The highest BCUT2D eigenvalue weighted by molar-refractivity contribution is 5.78. The molecule has 0 amide bonds. The Morgan fingerprint density at radius 3 is 2.43 bits per heavy atom. The monoisotopic (exact) mass is 190 g/mol. The molecule has 0 saturated heterocycles. The van der Waals surface area contributed by atoms with Crippen LogP contribution in [0, 0.1) is 0 Å². The number of carbonyl (C=O) groups excluding carboxylic acids is 1. The van der Waals surface area contributed by atoms with Gasteiger partial charge < -0.3 is 11.1 Å². The summed E-state index contributed by atoms with van der Waals surface area (Å²) in [6.07, 6.45) is 0.476. The second-order valence-electron chi connectivity index (χ2n) is 3.23. The maximum Gasteiger partial charge on any atom is 0.134 e. The number of rotatable bonds is 4. The Morgan fingerprint density at radius 2 is 2.00 bits per heavy atom. The van der Waals surface area contributed by atoms with E-state index in [2.05, 4.69) is 11.9 Å². The quantitative estimate of drug-likeness (QED) is 0.759.